The third-order valence-electron chi connectivity index (χ3n) is 5.20. The highest BCUT2D eigenvalue weighted by Crippen LogP contribution is 2.27. The molecular weight excluding hydrogens is 358 g/mol. The van der Waals surface area contributed by atoms with E-state index in [0.717, 1.165) is 23.5 Å². The fourth-order valence-corrected chi connectivity index (χ4v) is 3.80. The van der Waals surface area contributed by atoms with Crippen LogP contribution >= 0.6 is 0 Å². The third kappa shape index (κ3) is 3.90. The Bertz CT molecular complexity index is 934. The van der Waals surface area contributed by atoms with Crippen LogP contribution in [0.3, 0.4) is 0 Å². The molecule has 1 atom stereocenters. The normalized spacial score (nSPS) is 17.9. The summed E-state index contributed by atoms with van der Waals surface area (Å²) in [6.45, 7) is 4.55. The highest BCUT2D eigenvalue weighted by molar-refractivity contribution is 5.99. The van der Waals surface area contributed by atoms with Crippen molar-refractivity contribution >= 4 is 22.7 Å². The van der Waals surface area contributed by atoms with Crippen molar-refractivity contribution in [3.8, 4) is 0 Å². The molecule has 0 bridgehead atoms. The molecule has 0 spiro atoms. The summed E-state index contributed by atoms with van der Waals surface area (Å²) in [4.78, 5) is 16.9. The zero-order valence-corrected chi connectivity index (χ0v) is 15.9. The number of para-hydroxylation sites is 1. The number of benzene rings is 1. The molecule has 1 aromatic carbocycles. The SMILES string of the molecule is Cc1cc2cccc(NC(=O)N3CCN(Cc4ccco4)[C@H](CCO)C3)c2o1. The molecule has 0 radical (unpaired) electrons. The van der Waals surface area contributed by atoms with Crippen molar-refractivity contribution in [1.82, 2.24) is 9.80 Å². The van der Waals surface area contributed by atoms with Crippen LogP contribution in [0.4, 0.5) is 10.5 Å². The van der Waals surface area contributed by atoms with Gasteiger partial charge < -0.3 is 24.2 Å². The Hall–Kier alpha value is -2.77. The lowest BCUT2D eigenvalue weighted by molar-refractivity contribution is 0.0669. The summed E-state index contributed by atoms with van der Waals surface area (Å²) in [6, 6.07) is 11.4. The maximum absolute atomic E-state index is 12.9. The van der Waals surface area contributed by atoms with Crippen molar-refractivity contribution in [2.75, 3.05) is 31.6 Å². The molecule has 1 fully saturated rings. The molecule has 2 aromatic heterocycles. The lowest BCUT2D eigenvalue weighted by Gasteiger charge is -2.40. The number of hydrogen-bond donors (Lipinski definition) is 2. The second-order valence-electron chi connectivity index (χ2n) is 7.17. The van der Waals surface area contributed by atoms with Gasteiger partial charge in [-0.1, -0.05) is 12.1 Å². The fraction of sp³-hybridized carbons (Fsp3) is 0.381. The van der Waals surface area contributed by atoms with Gasteiger partial charge in [-0.15, -0.1) is 0 Å². The number of anilines is 1. The molecule has 2 N–H and O–H groups in total. The van der Waals surface area contributed by atoms with E-state index in [2.05, 4.69) is 10.2 Å². The topological polar surface area (TPSA) is 82.1 Å². The van der Waals surface area contributed by atoms with E-state index in [4.69, 9.17) is 8.83 Å². The summed E-state index contributed by atoms with van der Waals surface area (Å²) in [5.74, 6) is 1.70. The van der Waals surface area contributed by atoms with Gasteiger partial charge in [0.1, 0.15) is 11.5 Å². The van der Waals surface area contributed by atoms with Gasteiger partial charge in [-0.2, -0.15) is 0 Å². The number of hydrogen-bond acceptors (Lipinski definition) is 5. The molecule has 148 valence electrons. The summed E-state index contributed by atoms with van der Waals surface area (Å²) < 4.78 is 11.2. The predicted octanol–water partition coefficient (Wildman–Crippen LogP) is 3.43. The van der Waals surface area contributed by atoms with Crippen molar-refractivity contribution in [2.24, 2.45) is 0 Å². The van der Waals surface area contributed by atoms with Gasteiger partial charge in [0.15, 0.2) is 5.58 Å². The summed E-state index contributed by atoms with van der Waals surface area (Å²) in [7, 11) is 0. The number of carbonyl (C=O) groups is 1. The number of piperazine rings is 1. The van der Waals surface area contributed by atoms with Gasteiger partial charge in [-0.05, 0) is 37.6 Å². The number of nitrogens with zero attached hydrogens (tertiary/aromatic N) is 2. The monoisotopic (exact) mass is 383 g/mol. The molecule has 1 saturated heterocycles. The van der Waals surface area contributed by atoms with Gasteiger partial charge in [0.25, 0.3) is 0 Å². The number of nitrogens with one attached hydrogen (secondary N) is 1. The number of rotatable bonds is 5. The van der Waals surface area contributed by atoms with Crippen molar-refractivity contribution in [3.05, 3.63) is 54.2 Å². The first kappa shape index (κ1) is 18.6. The third-order valence-corrected chi connectivity index (χ3v) is 5.20. The number of fused-ring (bicyclic) bond motifs is 1. The van der Waals surface area contributed by atoms with Gasteiger partial charge in [0.05, 0.1) is 18.5 Å². The lowest BCUT2D eigenvalue weighted by atomic mass is 10.1. The van der Waals surface area contributed by atoms with Gasteiger partial charge in [0, 0.05) is 37.7 Å². The molecule has 4 rings (SSSR count). The van der Waals surface area contributed by atoms with E-state index in [0.29, 0.717) is 37.3 Å². The molecule has 7 nitrogen and oxygen atoms in total. The standard InChI is InChI=1S/C21H25N3O4/c1-15-12-16-4-2-6-19(20(16)28-15)22-21(26)24-9-8-23(17(13-24)7-10-25)14-18-5-3-11-27-18/h2-6,11-12,17,25H,7-10,13-14H2,1H3,(H,22,26)/t17-/m1/s1. The number of aliphatic hydroxyl groups is 1. The van der Waals surface area contributed by atoms with Gasteiger partial charge in [0.2, 0.25) is 0 Å². The van der Waals surface area contributed by atoms with E-state index in [1.165, 1.54) is 0 Å². The molecule has 28 heavy (non-hydrogen) atoms. The first-order valence-corrected chi connectivity index (χ1v) is 9.56. The summed E-state index contributed by atoms with van der Waals surface area (Å²) in [6.07, 6.45) is 2.27. The molecule has 2 amide bonds. The molecule has 1 aliphatic heterocycles. The van der Waals surface area contributed by atoms with E-state index in [-0.39, 0.29) is 18.7 Å². The maximum atomic E-state index is 12.9. The Kier molecular flexibility index (Phi) is 5.36. The number of amides is 2. The minimum atomic E-state index is -0.151. The van der Waals surface area contributed by atoms with Crippen LogP contribution in [0.25, 0.3) is 11.0 Å². The van der Waals surface area contributed by atoms with Gasteiger partial charge in [-0.3, -0.25) is 4.90 Å². The molecule has 1 aliphatic rings. The fourth-order valence-electron chi connectivity index (χ4n) is 3.80. The van der Waals surface area contributed by atoms with Gasteiger partial charge in [-0.25, -0.2) is 4.79 Å². The van der Waals surface area contributed by atoms with Crippen LogP contribution in [-0.4, -0.2) is 53.2 Å². The lowest BCUT2D eigenvalue weighted by Crippen LogP contribution is -2.55. The molecule has 0 aliphatic carbocycles. The second kappa shape index (κ2) is 8.08. The average molecular weight is 383 g/mol. The predicted molar refractivity (Wildman–Crippen MR) is 106 cm³/mol. The second-order valence-corrected chi connectivity index (χ2v) is 7.17. The molecule has 3 aromatic rings. The smallest absolute Gasteiger partial charge is 0.322 e. The molecule has 7 heteroatoms. The van der Waals surface area contributed by atoms with Crippen LogP contribution < -0.4 is 5.32 Å². The minimum Gasteiger partial charge on any atom is -0.468 e. The van der Waals surface area contributed by atoms with E-state index in [1.54, 1.807) is 11.2 Å². The Balaban J connectivity index is 1.44. The average Bonchev–Trinajstić information content (AvgIpc) is 3.32. The van der Waals surface area contributed by atoms with Crippen LogP contribution in [0.1, 0.15) is 17.9 Å². The zero-order chi connectivity index (χ0) is 19.5. The number of aryl methyl sites for hydroxylation is 1. The van der Waals surface area contributed by atoms with Crippen LogP contribution in [0, 0.1) is 6.92 Å². The van der Waals surface area contributed by atoms with Crippen LogP contribution in [0.5, 0.6) is 0 Å². The highest BCUT2D eigenvalue weighted by atomic mass is 16.3. The van der Waals surface area contributed by atoms with Crippen molar-refractivity contribution in [3.63, 3.8) is 0 Å². The number of urea groups is 1. The van der Waals surface area contributed by atoms with Crippen molar-refractivity contribution < 1.29 is 18.7 Å². The number of furan rings is 2. The Morgan fingerprint density at radius 3 is 2.96 bits per heavy atom. The summed E-state index contributed by atoms with van der Waals surface area (Å²) >= 11 is 0. The Labute approximate surface area is 163 Å². The molecular formula is C21H25N3O4. The maximum Gasteiger partial charge on any atom is 0.322 e. The summed E-state index contributed by atoms with van der Waals surface area (Å²) in [5.41, 5.74) is 1.36. The Morgan fingerprint density at radius 1 is 1.29 bits per heavy atom. The van der Waals surface area contributed by atoms with Crippen molar-refractivity contribution in [2.45, 2.75) is 25.9 Å². The van der Waals surface area contributed by atoms with E-state index >= 15 is 0 Å². The van der Waals surface area contributed by atoms with Crippen LogP contribution in [0.15, 0.2) is 51.5 Å². The molecule has 0 saturated carbocycles. The first-order chi connectivity index (χ1) is 13.6. The van der Waals surface area contributed by atoms with Crippen LogP contribution in [0.2, 0.25) is 0 Å². The Morgan fingerprint density at radius 2 is 2.18 bits per heavy atom. The quantitative estimate of drug-likeness (QED) is 0.705. The number of aliphatic hydroxyl groups excluding tert-OH is 1. The largest absolute Gasteiger partial charge is 0.468 e. The van der Waals surface area contributed by atoms with Crippen LogP contribution in [-0.2, 0) is 6.54 Å². The van der Waals surface area contributed by atoms with Crippen molar-refractivity contribution in [1.29, 1.82) is 0 Å². The molecule has 0 unspecified atom stereocenters. The first-order valence-electron chi connectivity index (χ1n) is 9.56. The summed E-state index contributed by atoms with van der Waals surface area (Å²) in [5, 5.41) is 13.4. The number of carbonyl (C=O) groups excluding carboxylic acids is 1. The van der Waals surface area contributed by atoms with Gasteiger partial charge >= 0.3 is 6.03 Å². The van der Waals surface area contributed by atoms with E-state index < -0.39 is 0 Å². The zero-order valence-electron chi connectivity index (χ0n) is 15.9. The highest BCUT2D eigenvalue weighted by Gasteiger charge is 2.30. The molecule has 3 heterocycles. The van der Waals surface area contributed by atoms with E-state index in [1.807, 2.05) is 43.3 Å². The minimum absolute atomic E-state index is 0.0799. The van der Waals surface area contributed by atoms with E-state index in [9.17, 15) is 9.90 Å².